The summed E-state index contributed by atoms with van der Waals surface area (Å²) >= 11 is 0. The van der Waals surface area contributed by atoms with Gasteiger partial charge in [-0.25, -0.2) is 13.2 Å². The number of nitrogens with zero attached hydrogens (tertiary/aromatic N) is 3. The van der Waals surface area contributed by atoms with Crippen molar-refractivity contribution in [1.29, 1.82) is 0 Å². The van der Waals surface area contributed by atoms with Crippen LogP contribution in [0.3, 0.4) is 0 Å². The van der Waals surface area contributed by atoms with Crippen molar-refractivity contribution in [2.24, 2.45) is 13.0 Å². The second kappa shape index (κ2) is 5.94. The third kappa shape index (κ3) is 2.80. The van der Waals surface area contributed by atoms with Crippen LogP contribution in [-0.4, -0.2) is 68.1 Å². The number of fused-ring (bicyclic) bond motifs is 4. The molecule has 2 bridgehead atoms. The molecule has 0 radical (unpaired) electrons. The van der Waals surface area contributed by atoms with Gasteiger partial charge in [-0.15, -0.1) is 0 Å². The monoisotopic (exact) mass is 367 g/mol. The lowest BCUT2D eigenvalue weighted by Gasteiger charge is -2.29. The molecule has 25 heavy (non-hydrogen) atoms. The van der Waals surface area contributed by atoms with Crippen LogP contribution >= 0.6 is 0 Å². The molecule has 4 rings (SSSR count). The minimum Gasteiger partial charge on any atom is -0.408 e. The minimum absolute atomic E-state index is 0.147. The van der Waals surface area contributed by atoms with E-state index in [1.165, 1.54) is 22.8 Å². The summed E-state index contributed by atoms with van der Waals surface area (Å²) < 4.78 is 40.2. The second-order valence-electron chi connectivity index (χ2n) is 6.91. The fourth-order valence-electron chi connectivity index (χ4n) is 3.74. The van der Waals surface area contributed by atoms with E-state index in [9.17, 15) is 13.2 Å². The van der Waals surface area contributed by atoms with Crippen molar-refractivity contribution in [2.45, 2.75) is 10.9 Å². The van der Waals surface area contributed by atoms with E-state index in [2.05, 4.69) is 4.90 Å². The number of likely N-dealkylation sites (N-methyl/N-ethyl adjacent to an activating group) is 1. The number of hydrogen-bond acceptors (Lipinski definition) is 6. The van der Waals surface area contributed by atoms with Gasteiger partial charge in [0.25, 0.3) is 0 Å². The fourth-order valence-corrected chi connectivity index (χ4v) is 5.43. The number of hydrogen-bond donors (Lipinski definition) is 0. The summed E-state index contributed by atoms with van der Waals surface area (Å²) in [5.41, 5.74) is 0.848. The Morgan fingerprint density at radius 2 is 1.92 bits per heavy atom. The average molecular weight is 367 g/mol. The standard InChI is InChI=1S/C16H21N3O5S/c1-17-6-11-7-19(12(8-17)10-23-9-11)25(21,22)13-3-4-15-14(5-13)18(2)16(20)24-15/h3-5,11-12H,6-10H2,1-2H3/t11-,12-/m0/s1. The molecule has 2 fully saturated rings. The van der Waals surface area contributed by atoms with Gasteiger partial charge in [-0.3, -0.25) is 4.57 Å². The Morgan fingerprint density at radius 1 is 1.12 bits per heavy atom. The van der Waals surface area contributed by atoms with Crippen LogP contribution < -0.4 is 5.76 Å². The number of benzene rings is 1. The first kappa shape index (κ1) is 16.8. The maximum absolute atomic E-state index is 13.3. The molecular formula is C16H21N3O5S. The van der Waals surface area contributed by atoms with Crippen molar-refractivity contribution < 1.29 is 17.6 Å². The van der Waals surface area contributed by atoms with Crippen molar-refractivity contribution >= 4 is 21.1 Å². The highest BCUT2D eigenvalue weighted by molar-refractivity contribution is 7.89. The topological polar surface area (TPSA) is 85.0 Å². The predicted molar refractivity (Wildman–Crippen MR) is 90.9 cm³/mol. The van der Waals surface area contributed by atoms with E-state index in [0.717, 1.165) is 6.54 Å². The predicted octanol–water partition coefficient (Wildman–Crippen LogP) is 0.0826. The van der Waals surface area contributed by atoms with Crippen LogP contribution in [-0.2, 0) is 21.8 Å². The zero-order valence-corrected chi connectivity index (χ0v) is 15.0. The Kier molecular flexibility index (Phi) is 3.99. The van der Waals surface area contributed by atoms with Crippen molar-refractivity contribution in [2.75, 3.05) is 39.9 Å². The molecule has 1 aromatic heterocycles. The summed E-state index contributed by atoms with van der Waals surface area (Å²) in [5.74, 6) is -0.362. The van der Waals surface area contributed by atoms with Gasteiger partial charge < -0.3 is 14.1 Å². The van der Waals surface area contributed by atoms with Gasteiger partial charge in [0, 0.05) is 32.6 Å². The molecule has 136 valence electrons. The van der Waals surface area contributed by atoms with Crippen molar-refractivity contribution in [3.8, 4) is 0 Å². The minimum atomic E-state index is -3.69. The van der Waals surface area contributed by atoms with Gasteiger partial charge in [-0.2, -0.15) is 4.31 Å². The number of rotatable bonds is 2. The van der Waals surface area contributed by atoms with Crippen LogP contribution in [0.4, 0.5) is 0 Å². The van der Waals surface area contributed by atoms with Gasteiger partial charge in [0.1, 0.15) is 0 Å². The molecule has 0 N–H and O–H groups in total. The van der Waals surface area contributed by atoms with Crippen LogP contribution in [0.15, 0.2) is 32.3 Å². The average Bonchev–Trinajstić information content (AvgIpc) is 2.71. The summed E-state index contributed by atoms with van der Waals surface area (Å²) in [7, 11) is -0.122. The first-order chi connectivity index (χ1) is 11.9. The van der Waals surface area contributed by atoms with E-state index in [0.29, 0.717) is 37.4 Å². The molecule has 0 amide bonds. The normalized spacial score (nSPS) is 26.0. The second-order valence-corrected chi connectivity index (χ2v) is 8.80. The Balaban J connectivity index is 1.78. The molecule has 9 heteroatoms. The Morgan fingerprint density at radius 3 is 2.72 bits per heavy atom. The Hall–Kier alpha value is -1.68. The van der Waals surface area contributed by atoms with Crippen LogP contribution in [0, 0.1) is 5.92 Å². The lowest BCUT2D eigenvalue weighted by Crippen LogP contribution is -2.45. The van der Waals surface area contributed by atoms with E-state index in [-0.39, 0.29) is 16.9 Å². The van der Waals surface area contributed by atoms with Gasteiger partial charge in [0.05, 0.1) is 29.7 Å². The first-order valence-corrected chi connectivity index (χ1v) is 9.68. The molecule has 2 aliphatic rings. The van der Waals surface area contributed by atoms with Gasteiger partial charge in [0.15, 0.2) is 5.58 Å². The van der Waals surface area contributed by atoms with Crippen LogP contribution in [0.25, 0.3) is 11.1 Å². The molecule has 1 aromatic carbocycles. The summed E-state index contributed by atoms with van der Waals surface area (Å²) in [6.45, 7) is 2.87. The van der Waals surface area contributed by atoms with E-state index in [4.69, 9.17) is 9.15 Å². The van der Waals surface area contributed by atoms with Crippen LogP contribution in [0.1, 0.15) is 0 Å². The van der Waals surface area contributed by atoms with Gasteiger partial charge >= 0.3 is 5.76 Å². The van der Waals surface area contributed by atoms with Crippen molar-refractivity contribution in [3.05, 3.63) is 28.7 Å². The molecule has 0 unspecified atom stereocenters. The van der Waals surface area contributed by atoms with E-state index in [1.807, 2.05) is 7.05 Å². The largest absolute Gasteiger partial charge is 0.419 e. The molecule has 8 nitrogen and oxygen atoms in total. The molecule has 2 saturated heterocycles. The lowest BCUT2D eigenvalue weighted by atomic mass is 10.1. The maximum atomic E-state index is 13.3. The van der Waals surface area contributed by atoms with Crippen molar-refractivity contribution in [3.63, 3.8) is 0 Å². The first-order valence-electron chi connectivity index (χ1n) is 8.24. The van der Waals surface area contributed by atoms with Gasteiger partial charge in [-0.1, -0.05) is 0 Å². The van der Waals surface area contributed by atoms with Gasteiger partial charge in [-0.05, 0) is 25.2 Å². The highest BCUT2D eigenvalue weighted by Gasteiger charge is 2.39. The number of ether oxygens (including phenoxy) is 1. The van der Waals surface area contributed by atoms with E-state index >= 15 is 0 Å². The van der Waals surface area contributed by atoms with Crippen LogP contribution in [0.5, 0.6) is 0 Å². The Bertz CT molecular complexity index is 964. The number of sulfonamides is 1. The van der Waals surface area contributed by atoms with Gasteiger partial charge in [0.2, 0.25) is 10.0 Å². The molecule has 3 heterocycles. The Labute approximate surface area is 145 Å². The third-order valence-corrected chi connectivity index (χ3v) is 6.89. The molecule has 2 atom stereocenters. The van der Waals surface area contributed by atoms with E-state index < -0.39 is 15.8 Å². The lowest BCUT2D eigenvalue weighted by molar-refractivity contribution is 0.0659. The highest BCUT2D eigenvalue weighted by Crippen LogP contribution is 2.27. The van der Waals surface area contributed by atoms with Crippen molar-refractivity contribution in [1.82, 2.24) is 13.8 Å². The molecule has 2 aromatic rings. The molecule has 2 aliphatic heterocycles. The maximum Gasteiger partial charge on any atom is 0.419 e. The molecular weight excluding hydrogens is 346 g/mol. The van der Waals surface area contributed by atoms with E-state index in [1.54, 1.807) is 11.4 Å². The molecule has 0 saturated carbocycles. The number of aromatic nitrogens is 1. The molecule has 0 aliphatic carbocycles. The SMILES string of the molecule is CN1C[C@@H]2COC[C@H](C1)N(S(=O)(=O)c1ccc3oc(=O)n(C)c3c1)C2. The fraction of sp³-hybridized carbons (Fsp3) is 0.562. The summed E-state index contributed by atoms with van der Waals surface area (Å²) in [5, 5.41) is 0. The molecule has 0 spiro atoms. The zero-order valence-electron chi connectivity index (χ0n) is 14.2. The highest BCUT2D eigenvalue weighted by atomic mass is 32.2. The number of oxazole rings is 1. The third-order valence-electron chi connectivity index (χ3n) is 4.97. The van der Waals surface area contributed by atoms with Crippen LogP contribution in [0.2, 0.25) is 0 Å². The smallest absolute Gasteiger partial charge is 0.408 e. The quantitative estimate of drug-likeness (QED) is 0.748. The summed E-state index contributed by atoms with van der Waals surface area (Å²) in [4.78, 5) is 14.0. The summed E-state index contributed by atoms with van der Waals surface area (Å²) in [6.07, 6.45) is 0. The number of aryl methyl sites for hydroxylation is 1. The summed E-state index contributed by atoms with van der Waals surface area (Å²) in [6, 6.07) is 4.33. The zero-order chi connectivity index (χ0) is 17.8.